The number of thioether (sulfide) groups is 1. The molecule has 148 valence electrons. The summed E-state index contributed by atoms with van der Waals surface area (Å²) in [6.07, 6.45) is 4.40. The average Bonchev–Trinajstić information content (AvgIpc) is 2.84. The van der Waals surface area contributed by atoms with Gasteiger partial charge in [0.1, 0.15) is 5.54 Å². The standard InChI is InChI=1S/C19H18F3N3O2S/c1-3-12-11-23-9-8-13(12)10-18(2)16(26)25(17(27)24-18)14-4-6-15(7-5-14)28-19(20,21)22/h4-9,11H,3,10H2,1-2H3,(H,24,27). The fourth-order valence-corrected chi connectivity index (χ4v) is 3.70. The number of carbonyl (C=O) groups is 2. The highest BCUT2D eigenvalue weighted by molar-refractivity contribution is 8.00. The van der Waals surface area contributed by atoms with E-state index in [4.69, 9.17) is 0 Å². The van der Waals surface area contributed by atoms with Crippen LogP contribution in [-0.2, 0) is 17.6 Å². The minimum atomic E-state index is -4.40. The lowest BCUT2D eigenvalue weighted by Gasteiger charge is -2.23. The normalized spacial score (nSPS) is 19.8. The van der Waals surface area contributed by atoms with Crippen LogP contribution >= 0.6 is 11.8 Å². The minimum Gasteiger partial charge on any atom is -0.323 e. The lowest BCUT2D eigenvalue weighted by Crippen LogP contribution is -2.46. The first-order valence-electron chi connectivity index (χ1n) is 8.57. The first-order valence-corrected chi connectivity index (χ1v) is 9.39. The van der Waals surface area contributed by atoms with Gasteiger partial charge in [-0.3, -0.25) is 9.78 Å². The summed E-state index contributed by atoms with van der Waals surface area (Å²) in [5.41, 5.74) is -3.43. The van der Waals surface area contributed by atoms with Crippen molar-refractivity contribution in [1.29, 1.82) is 0 Å². The summed E-state index contributed by atoms with van der Waals surface area (Å²) >= 11 is -0.251. The predicted molar refractivity (Wildman–Crippen MR) is 100 cm³/mol. The van der Waals surface area contributed by atoms with Gasteiger partial charge in [-0.05, 0) is 66.6 Å². The lowest BCUT2D eigenvalue weighted by molar-refractivity contribution is -0.121. The zero-order valence-electron chi connectivity index (χ0n) is 15.2. The van der Waals surface area contributed by atoms with Crippen LogP contribution in [0.5, 0.6) is 0 Å². The molecule has 0 spiro atoms. The quantitative estimate of drug-likeness (QED) is 0.590. The number of nitrogens with one attached hydrogen (secondary N) is 1. The Morgan fingerprint density at radius 2 is 1.82 bits per heavy atom. The number of benzene rings is 1. The predicted octanol–water partition coefficient (Wildman–Crippen LogP) is 4.31. The van der Waals surface area contributed by atoms with Crippen molar-refractivity contribution in [2.24, 2.45) is 0 Å². The summed E-state index contributed by atoms with van der Waals surface area (Å²) in [5.74, 6) is -0.451. The molecule has 5 nitrogen and oxygen atoms in total. The van der Waals surface area contributed by atoms with Crippen LogP contribution in [0.3, 0.4) is 0 Å². The second kappa shape index (κ2) is 7.46. The number of hydrogen-bond acceptors (Lipinski definition) is 4. The van der Waals surface area contributed by atoms with Crippen molar-refractivity contribution >= 4 is 29.4 Å². The number of amides is 3. The Morgan fingerprint density at radius 3 is 2.43 bits per heavy atom. The molecular weight excluding hydrogens is 391 g/mol. The van der Waals surface area contributed by atoms with Crippen LogP contribution < -0.4 is 10.2 Å². The van der Waals surface area contributed by atoms with Crippen molar-refractivity contribution in [3.8, 4) is 0 Å². The molecular formula is C19H18F3N3O2S. The van der Waals surface area contributed by atoms with Crippen LogP contribution in [0.1, 0.15) is 25.0 Å². The zero-order chi connectivity index (χ0) is 20.5. The molecule has 1 aromatic heterocycles. The third kappa shape index (κ3) is 4.14. The van der Waals surface area contributed by atoms with Gasteiger partial charge >= 0.3 is 11.5 Å². The first-order chi connectivity index (χ1) is 13.1. The van der Waals surface area contributed by atoms with Gasteiger partial charge in [0.25, 0.3) is 5.91 Å². The van der Waals surface area contributed by atoms with Crippen LogP contribution in [-0.4, -0.2) is 28.0 Å². The number of urea groups is 1. The molecule has 0 radical (unpaired) electrons. The van der Waals surface area contributed by atoms with Gasteiger partial charge in [0.05, 0.1) is 5.69 Å². The highest BCUT2D eigenvalue weighted by Gasteiger charge is 2.48. The number of imide groups is 1. The topological polar surface area (TPSA) is 62.3 Å². The van der Waals surface area contributed by atoms with E-state index in [1.807, 2.05) is 13.0 Å². The fraction of sp³-hybridized carbons (Fsp3) is 0.316. The molecule has 3 rings (SSSR count). The van der Waals surface area contributed by atoms with Crippen LogP contribution in [0.4, 0.5) is 23.7 Å². The van der Waals surface area contributed by atoms with E-state index in [1.165, 1.54) is 24.3 Å². The van der Waals surface area contributed by atoms with E-state index >= 15 is 0 Å². The molecule has 0 bridgehead atoms. The van der Waals surface area contributed by atoms with Crippen LogP contribution in [0.15, 0.2) is 47.6 Å². The van der Waals surface area contributed by atoms with E-state index in [0.29, 0.717) is 6.42 Å². The van der Waals surface area contributed by atoms with E-state index < -0.39 is 23.0 Å². The Kier molecular flexibility index (Phi) is 5.38. The van der Waals surface area contributed by atoms with Crippen molar-refractivity contribution < 1.29 is 22.8 Å². The van der Waals surface area contributed by atoms with Crippen LogP contribution in [0.2, 0.25) is 0 Å². The third-order valence-corrected chi connectivity index (χ3v) is 5.26. The summed E-state index contributed by atoms with van der Waals surface area (Å²) in [6, 6.07) is 6.36. The van der Waals surface area contributed by atoms with Gasteiger partial charge in [-0.2, -0.15) is 13.2 Å². The van der Waals surface area contributed by atoms with E-state index in [-0.39, 0.29) is 22.3 Å². The molecule has 1 saturated heterocycles. The molecule has 1 aliphatic heterocycles. The molecule has 0 saturated carbocycles. The largest absolute Gasteiger partial charge is 0.446 e. The number of pyridine rings is 1. The van der Waals surface area contributed by atoms with Gasteiger partial charge in [-0.25, -0.2) is 9.69 Å². The highest BCUT2D eigenvalue weighted by atomic mass is 32.2. The zero-order valence-corrected chi connectivity index (χ0v) is 16.0. The maximum Gasteiger partial charge on any atom is 0.446 e. The van der Waals surface area contributed by atoms with Gasteiger partial charge in [0.15, 0.2) is 0 Å². The van der Waals surface area contributed by atoms with Crippen LogP contribution in [0.25, 0.3) is 0 Å². The maximum absolute atomic E-state index is 13.0. The molecule has 1 fully saturated rings. The summed E-state index contributed by atoms with van der Waals surface area (Å²) in [5, 5.41) is 2.71. The number of aromatic nitrogens is 1. The number of rotatable bonds is 5. The number of hydrogen-bond donors (Lipinski definition) is 1. The van der Waals surface area contributed by atoms with Crippen LogP contribution in [0, 0.1) is 0 Å². The fourth-order valence-electron chi connectivity index (χ4n) is 3.16. The Bertz CT molecular complexity index is 902. The molecule has 9 heteroatoms. The van der Waals surface area contributed by atoms with Gasteiger partial charge in [0.2, 0.25) is 0 Å². The SMILES string of the molecule is CCc1cnccc1CC1(C)NC(=O)N(c2ccc(SC(F)(F)F)cc2)C1=O. The molecule has 0 aliphatic carbocycles. The van der Waals surface area contributed by atoms with Gasteiger partial charge in [-0.15, -0.1) is 0 Å². The Labute approximate surface area is 164 Å². The number of halogens is 3. The molecule has 1 aromatic carbocycles. The summed E-state index contributed by atoms with van der Waals surface area (Å²) in [6.45, 7) is 3.62. The highest BCUT2D eigenvalue weighted by Crippen LogP contribution is 2.38. The molecule has 1 atom stereocenters. The van der Waals surface area contributed by atoms with Gasteiger partial charge < -0.3 is 5.32 Å². The molecule has 3 amide bonds. The smallest absolute Gasteiger partial charge is 0.323 e. The summed E-state index contributed by atoms with van der Waals surface area (Å²) in [7, 11) is 0. The Hall–Kier alpha value is -2.55. The molecule has 2 aromatic rings. The van der Waals surface area contributed by atoms with Crippen molar-refractivity contribution in [3.05, 3.63) is 53.9 Å². The summed E-state index contributed by atoms with van der Waals surface area (Å²) < 4.78 is 37.4. The molecule has 28 heavy (non-hydrogen) atoms. The van der Waals surface area contributed by atoms with Crippen molar-refractivity contribution in [2.45, 2.75) is 42.6 Å². The van der Waals surface area contributed by atoms with E-state index in [0.717, 1.165) is 22.4 Å². The first kappa shape index (κ1) is 20.2. The average molecular weight is 409 g/mol. The van der Waals surface area contributed by atoms with E-state index in [2.05, 4.69) is 10.3 Å². The second-order valence-electron chi connectivity index (χ2n) is 6.62. The Morgan fingerprint density at radius 1 is 1.14 bits per heavy atom. The summed E-state index contributed by atoms with van der Waals surface area (Å²) in [4.78, 5) is 30.5. The third-order valence-electron chi connectivity index (χ3n) is 4.52. The second-order valence-corrected chi connectivity index (χ2v) is 7.76. The van der Waals surface area contributed by atoms with Gasteiger partial charge in [0, 0.05) is 23.7 Å². The number of carbonyl (C=O) groups excluding carboxylic acids is 2. The maximum atomic E-state index is 13.0. The van der Waals surface area contributed by atoms with Crippen molar-refractivity contribution in [3.63, 3.8) is 0 Å². The van der Waals surface area contributed by atoms with E-state index in [1.54, 1.807) is 19.3 Å². The lowest BCUT2D eigenvalue weighted by atomic mass is 9.90. The number of nitrogens with zero attached hydrogens (tertiary/aromatic N) is 2. The number of anilines is 1. The van der Waals surface area contributed by atoms with Crippen molar-refractivity contribution in [2.75, 3.05) is 4.90 Å². The Balaban J connectivity index is 1.83. The van der Waals surface area contributed by atoms with Gasteiger partial charge in [-0.1, -0.05) is 6.92 Å². The van der Waals surface area contributed by atoms with Crippen molar-refractivity contribution in [1.82, 2.24) is 10.3 Å². The minimum absolute atomic E-state index is 0.0181. The number of alkyl halides is 3. The molecule has 1 unspecified atom stereocenters. The molecule has 1 aliphatic rings. The molecule has 2 heterocycles. The number of aryl methyl sites for hydroxylation is 1. The van der Waals surface area contributed by atoms with E-state index in [9.17, 15) is 22.8 Å². The monoisotopic (exact) mass is 409 g/mol. The molecule has 1 N–H and O–H groups in total.